The predicted octanol–water partition coefficient (Wildman–Crippen LogP) is 0.711. The van der Waals surface area contributed by atoms with E-state index in [0.29, 0.717) is 25.9 Å². The van der Waals surface area contributed by atoms with E-state index in [0.717, 1.165) is 6.92 Å². The lowest BCUT2D eigenvalue weighted by Crippen LogP contribution is -2.59. The van der Waals surface area contributed by atoms with Gasteiger partial charge in [-0.05, 0) is 30.9 Å². The van der Waals surface area contributed by atoms with Gasteiger partial charge in [-0.3, -0.25) is 34.3 Å². The fraction of sp³-hybridized carbons (Fsp3) is 0.636. The van der Waals surface area contributed by atoms with E-state index in [9.17, 15) is 34.8 Å². The third-order valence-electron chi connectivity index (χ3n) is 4.84. The van der Waals surface area contributed by atoms with E-state index in [4.69, 9.17) is 9.90 Å². The average Bonchev–Trinajstić information content (AvgIpc) is 2.83. The maximum absolute atomic E-state index is 11.3. The van der Waals surface area contributed by atoms with Crippen molar-refractivity contribution in [2.45, 2.75) is 39.2 Å². The van der Waals surface area contributed by atoms with Crippen LogP contribution < -0.4 is 5.32 Å². The molecule has 12 nitrogen and oxygen atoms in total. The van der Waals surface area contributed by atoms with E-state index < -0.39 is 29.4 Å². The Labute approximate surface area is 199 Å². The van der Waals surface area contributed by atoms with Crippen molar-refractivity contribution >= 4 is 23.9 Å². The summed E-state index contributed by atoms with van der Waals surface area (Å²) in [6.07, 6.45) is 6.17. The minimum absolute atomic E-state index is 0.0878. The second-order valence-corrected chi connectivity index (χ2v) is 8.33. The number of rotatable bonds is 12. The van der Waals surface area contributed by atoms with Crippen molar-refractivity contribution in [2.75, 3.05) is 45.8 Å². The molecule has 6 N–H and O–H groups in total. The normalized spacial score (nSPS) is 17.9. The van der Waals surface area contributed by atoms with Crippen LogP contribution in [-0.4, -0.2) is 111 Å². The van der Waals surface area contributed by atoms with Gasteiger partial charge in [-0.15, -0.1) is 0 Å². The van der Waals surface area contributed by atoms with Crippen molar-refractivity contribution in [1.82, 2.24) is 15.1 Å². The molecule has 0 amide bonds. The Morgan fingerprint density at radius 3 is 1.79 bits per heavy atom. The summed E-state index contributed by atoms with van der Waals surface area (Å²) in [6.45, 7) is 5.37. The van der Waals surface area contributed by atoms with E-state index >= 15 is 0 Å². The third kappa shape index (κ3) is 15.0. The molecule has 0 radical (unpaired) electrons. The third-order valence-corrected chi connectivity index (χ3v) is 4.84. The van der Waals surface area contributed by atoms with E-state index in [1.807, 2.05) is 13.8 Å². The summed E-state index contributed by atoms with van der Waals surface area (Å²) < 4.78 is 0. The molecule has 1 atom stereocenters. The SMILES string of the molecule is CC(=O)O.CC/C=C(O)\C=C/C(C)CC1(NCC(=O)O)CN(CC(=O)O)CCN(CC(=O)O)C1. The first-order valence-corrected chi connectivity index (χ1v) is 10.9. The van der Waals surface area contributed by atoms with Crippen LogP contribution in [0.4, 0.5) is 0 Å². The molecule has 0 spiro atoms. The molecular formula is C22H37N3O9. The largest absolute Gasteiger partial charge is 0.508 e. The fourth-order valence-electron chi connectivity index (χ4n) is 3.80. The van der Waals surface area contributed by atoms with Gasteiger partial charge in [-0.1, -0.05) is 19.9 Å². The van der Waals surface area contributed by atoms with Crippen LogP contribution in [0.1, 0.15) is 33.6 Å². The van der Waals surface area contributed by atoms with Crippen LogP contribution in [-0.2, 0) is 19.2 Å². The van der Waals surface area contributed by atoms with Crippen molar-refractivity contribution in [3.8, 4) is 0 Å². The number of carboxylic acids is 4. The van der Waals surface area contributed by atoms with E-state index in [-0.39, 0.29) is 44.4 Å². The molecule has 1 aliphatic rings. The van der Waals surface area contributed by atoms with Crippen molar-refractivity contribution in [2.24, 2.45) is 5.92 Å². The van der Waals surface area contributed by atoms with E-state index in [2.05, 4.69) is 5.32 Å². The number of nitrogens with zero attached hydrogens (tertiary/aromatic N) is 2. The quantitative estimate of drug-likeness (QED) is 0.167. The monoisotopic (exact) mass is 487 g/mol. The van der Waals surface area contributed by atoms with E-state index in [1.54, 1.807) is 28.0 Å². The van der Waals surface area contributed by atoms with Crippen molar-refractivity contribution < 1.29 is 44.7 Å². The van der Waals surface area contributed by atoms with Crippen molar-refractivity contribution in [1.29, 1.82) is 0 Å². The Morgan fingerprint density at radius 2 is 1.41 bits per heavy atom. The van der Waals surface area contributed by atoms with Gasteiger partial charge in [0.25, 0.3) is 5.97 Å². The molecule has 0 aliphatic carbocycles. The van der Waals surface area contributed by atoms with Crippen LogP contribution in [0.2, 0.25) is 0 Å². The Hall–Kier alpha value is -2.96. The number of carboxylic acid groups (broad SMARTS) is 4. The molecule has 194 valence electrons. The van der Waals surface area contributed by atoms with Gasteiger partial charge in [0.2, 0.25) is 0 Å². The first-order valence-electron chi connectivity index (χ1n) is 10.9. The Morgan fingerprint density at radius 1 is 0.941 bits per heavy atom. The fourth-order valence-corrected chi connectivity index (χ4v) is 3.80. The second-order valence-electron chi connectivity index (χ2n) is 8.33. The summed E-state index contributed by atoms with van der Waals surface area (Å²) in [7, 11) is 0. The molecule has 34 heavy (non-hydrogen) atoms. The lowest BCUT2D eigenvalue weighted by atomic mass is 9.86. The van der Waals surface area contributed by atoms with Crippen molar-refractivity contribution in [3.63, 3.8) is 0 Å². The molecule has 1 saturated heterocycles. The molecule has 1 heterocycles. The topological polar surface area (TPSA) is 188 Å². The number of carbonyl (C=O) groups is 4. The zero-order chi connectivity index (χ0) is 26.3. The molecule has 1 fully saturated rings. The minimum Gasteiger partial charge on any atom is -0.508 e. The van der Waals surface area contributed by atoms with Gasteiger partial charge in [0, 0.05) is 38.6 Å². The van der Waals surface area contributed by atoms with Gasteiger partial charge in [0.15, 0.2) is 0 Å². The number of allylic oxidation sites excluding steroid dienone is 3. The van der Waals surface area contributed by atoms with Gasteiger partial charge in [0.1, 0.15) is 5.76 Å². The number of aliphatic hydroxyl groups is 1. The first-order chi connectivity index (χ1) is 15.8. The lowest BCUT2D eigenvalue weighted by molar-refractivity contribution is -0.139. The van der Waals surface area contributed by atoms with Crippen LogP contribution >= 0.6 is 0 Å². The number of aliphatic hydroxyl groups excluding tert-OH is 1. The van der Waals surface area contributed by atoms with Gasteiger partial charge in [0.05, 0.1) is 19.6 Å². The van der Waals surface area contributed by atoms with Crippen LogP contribution in [0.25, 0.3) is 0 Å². The lowest BCUT2D eigenvalue weighted by Gasteiger charge is -2.39. The zero-order valence-corrected chi connectivity index (χ0v) is 19.9. The average molecular weight is 488 g/mol. The van der Waals surface area contributed by atoms with Crippen LogP contribution in [0.15, 0.2) is 24.0 Å². The summed E-state index contributed by atoms with van der Waals surface area (Å²) >= 11 is 0. The van der Waals surface area contributed by atoms with Crippen LogP contribution in [0, 0.1) is 5.92 Å². The predicted molar refractivity (Wildman–Crippen MR) is 124 cm³/mol. The second kappa shape index (κ2) is 15.8. The molecule has 0 bridgehead atoms. The summed E-state index contributed by atoms with van der Waals surface area (Å²) in [5.41, 5.74) is -0.840. The highest BCUT2D eigenvalue weighted by atomic mass is 16.4. The molecule has 0 saturated carbocycles. The van der Waals surface area contributed by atoms with E-state index in [1.165, 1.54) is 0 Å². The summed E-state index contributed by atoms with van der Waals surface area (Å²) in [4.78, 5) is 46.2. The van der Waals surface area contributed by atoms with Gasteiger partial charge in [-0.25, -0.2) is 0 Å². The highest BCUT2D eigenvalue weighted by Crippen LogP contribution is 2.24. The number of aliphatic carboxylic acids is 4. The van der Waals surface area contributed by atoms with Gasteiger partial charge in [-0.2, -0.15) is 0 Å². The van der Waals surface area contributed by atoms with Crippen LogP contribution in [0.3, 0.4) is 0 Å². The molecule has 1 unspecified atom stereocenters. The smallest absolute Gasteiger partial charge is 0.317 e. The molecular weight excluding hydrogens is 450 g/mol. The molecule has 0 aromatic rings. The number of hydrogen-bond donors (Lipinski definition) is 6. The number of hydrogen-bond acceptors (Lipinski definition) is 8. The molecule has 0 aromatic carbocycles. The summed E-state index contributed by atoms with van der Waals surface area (Å²) in [6, 6.07) is 0. The maximum Gasteiger partial charge on any atom is 0.317 e. The summed E-state index contributed by atoms with van der Waals surface area (Å²) in [5.74, 6) is -3.85. The first kappa shape index (κ1) is 31.0. The molecule has 1 rings (SSSR count). The van der Waals surface area contributed by atoms with Crippen molar-refractivity contribution in [3.05, 3.63) is 24.0 Å². The molecule has 0 aromatic heterocycles. The van der Waals surface area contributed by atoms with Crippen LogP contribution in [0.5, 0.6) is 0 Å². The maximum atomic E-state index is 11.3. The molecule has 12 heteroatoms. The Balaban J connectivity index is 0.00000251. The summed E-state index contributed by atoms with van der Waals surface area (Å²) in [5, 5.41) is 47.9. The molecule has 1 aliphatic heterocycles. The number of nitrogens with one attached hydrogen (secondary N) is 1. The standard InChI is InChI=1S/C20H33N3O7.C2H4O2/c1-3-4-16(24)6-5-15(2)9-20(21-10-17(25)26)13-22(11-18(27)28)7-8-23(14-20)12-19(29)30;1-2(3)4/h4-6,15,21,24H,3,7-14H2,1-2H3,(H,25,26)(H,27,28)(H,29,30);1H3,(H,3,4)/b6-5-,16-4+;. The Bertz CT molecular complexity index is 722. The zero-order valence-electron chi connectivity index (χ0n) is 19.9. The van der Waals surface area contributed by atoms with Gasteiger partial charge >= 0.3 is 17.9 Å². The Kier molecular flexibility index (Phi) is 14.4. The highest BCUT2D eigenvalue weighted by Gasteiger charge is 2.38. The minimum atomic E-state index is -1.06. The van der Waals surface area contributed by atoms with Gasteiger partial charge < -0.3 is 25.5 Å². The highest BCUT2D eigenvalue weighted by molar-refractivity contribution is 5.70.